The third kappa shape index (κ3) is 4.86. The standard InChI is InChI=1S/C15H28F2N4O3S/c16-15(17)13-18-5-7-21(8-6-18)25(22,23)20-3-1-14(2-4-20)19-9-11-24-12-10-19/h14-15H,1-13H2. The number of morpholine rings is 1. The van der Waals surface area contributed by atoms with E-state index in [4.69, 9.17) is 4.74 Å². The summed E-state index contributed by atoms with van der Waals surface area (Å²) < 4.78 is 58.9. The molecular formula is C15H28F2N4O3S. The Kier molecular flexibility index (Phi) is 6.61. The zero-order valence-electron chi connectivity index (χ0n) is 14.5. The second-order valence-electron chi connectivity index (χ2n) is 6.88. The van der Waals surface area contributed by atoms with Crippen LogP contribution in [0.2, 0.25) is 0 Å². The SMILES string of the molecule is O=S(=O)(N1CCC(N2CCOCC2)CC1)N1CCN(CC(F)F)CC1. The molecule has 0 aromatic carbocycles. The molecule has 3 rings (SSSR count). The van der Waals surface area contributed by atoms with Crippen molar-refractivity contribution in [2.75, 3.05) is 72.1 Å². The molecule has 0 radical (unpaired) electrons. The van der Waals surface area contributed by atoms with Gasteiger partial charge in [0, 0.05) is 58.4 Å². The van der Waals surface area contributed by atoms with E-state index in [0.29, 0.717) is 45.3 Å². The van der Waals surface area contributed by atoms with E-state index in [0.717, 1.165) is 39.1 Å². The van der Waals surface area contributed by atoms with E-state index in [-0.39, 0.29) is 6.54 Å². The fourth-order valence-corrected chi connectivity index (χ4v) is 5.51. The molecule has 0 aromatic rings. The van der Waals surface area contributed by atoms with Crippen LogP contribution in [0.5, 0.6) is 0 Å². The average Bonchev–Trinajstić information content (AvgIpc) is 2.62. The molecule has 0 saturated carbocycles. The van der Waals surface area contributed by atoms with Gasteiger partial charge in [-0.1, -0.05) is 0 Å². The van der Waals surface area contributed by atoms with Gasteiger partial charge in [0.05, 0.1) is 19.8 Å². The van der Waals surface area contributed by atoms with Gasteiger partial charge in [-0.2, -0.15) is 17.0 Å². The molecule has 0 N–H and O–H groups in total. The van der Waals surface area contributed by atoms with E-state index in [1.807, 2.05) is 0 Å². The van der Waals surface area contributed by atoms with Gasteiger partial charge in [-0.25, -0.2) is 8.78 Å². The second-order valence-corrected chi connectivity index (χ2v) is 8.81. The molecule has 7 nitrogen and oxygen atoms in total. The monoisotopic (exact) mass is 382 g/mol. The lowest BCUT2D eigenvalue weighted by Gasteiger charge is -2.42. The molecule has 3 aliphatic heterocycles. The molecule has 0 amide bonds. The molecule has 0 aliphatic carbocycles. The summed E-state index contributed by atoms with van der Waals surface area (Å²) in [5.41, 5.74) is 0. The van der Waals surface area contributed by atoms with Crippen LogP contribution in [0.25, 0.3) is 0 Å². The lowest BCUT2D eigenvalue weighted by atomic mass is 10.0. The van der Waals surface area contributed by atoms with Gasteiger partial charge in [-0.05, 0) is 12.8 Å². The highest BCUT2D eigenvalue weighted by atomic mass is 32.2. The first kappa shape index (κ1) is 19.4. The van der Waals surface area contributed by atoms with Gasteiger partial charge < -0.3 is 4.74 Å². The highest BCUT2D eigenvalue weighted by Gasteiger charge is 2.36. The Morgan fingerprint density at radius 1 is 0.880 bits per heavy atom. The average molecular weight is 382 g/mol. The van der Waals surface area contributed by atoms with Gasteiger partial charge in [0.15, 0.2) is 0 Å². The largest absolute Gasteiger partial charge is 0.379 e. The van der Waals surface area contributed by atoms with Crippen molar-refractivity contribution in [3.63, 3.8) is 0 Å². The number of hydrogen-bond acceptors (Lipinski definition) is 5. The number of piperazine rings is 1. The van der Waals surface area contributed by atoms with Crippen LogP contribution in [0.1, 0.15) is 12.8 Å². The van der Waals surface area contributed by atoms with Crippen LogP contribution < -0.4 is 0 Å². The predicted molar refractivity (Wildman–Crippen MR) is 89.9 cm³/mol. The van der Waals surface area contributed by atoms with Gasteiger partial charge in [0.2, 0.25) is 0 Å². The van der Waals surface area contributed by atoms with Crippen molar-refractivity contribution >= 4 is 10.2 Å². The smallest absolute Gasteiger partial charge is 0.282 e. The van der Waals surface area contributed by atoms with Crippen molar-refractivity contribution in [3.05, 3.63) is 0 Å². The van der Waals surface area contributed by atoms with Crippen LogP contribution in [0.4, 0.5) is 8.78 Å². The molecule has 0 aromatic heterocycles. The molecular weight excluding hydrogens is 354 g/mol. The van der Waals surface area contributed by atoms with Crippen molar-refractivity contribution in [2.24, 2.45) is 0 Å². The minimum Gasteiger partial charge on any atom is -0.379 e. The van der Waals surface area contributed by atoms with E-state index < -0.39 is 16.6 Å². The molecule has 25 heavy (non-hydrogen) atoms. The highest BCUT2D eigenvalue weighted by Crippen LogP contribution is 2.22. The fourth-order valence-electron chi connectivity index (χ4n) is 3.88. The molecule has 3 saturated heterocycles. The molecule has 0 unspecified atom stereocenters. The molecule has 146 valence electrons. The van der Waals surface area contributed by atoms with Gasteiger partial charge >= 0.3 is 0 Å². The van der Waals surface area contributed by atoms with Gasteiger partial charge in [0.1, 0.15) is 0 Å². The second kappa shape index (κ2) is 8.53. The Labute approximate surface area is 148 Å². The maximum atomic E-state index is 12.8. The summed E-state index contributed by atoms with van der Waals surface area (Å²) >= 11 is 0. The van der Waals surface area contributed by atoms with E-state index in [1.54, 1.807) is 9.21 Å². The fraction of sp³-hybridized carbons (Fsp3) is 1.00. The Morgan fingerprint density at radius 3 is 2.00 bits per heavy atom. The minimum atomic E-state index is -3.48. The molecule has 3 fully saturated rings. The van der Waals surface area contributed by atoms with Crippen LogP contribution in [-0.2, 0) is 14.9 Å². The van der Waals surface area contributed by atoms with Gasteiger partial charge in [-0.15, -0.1) is 0 Å². The van der Waals surface area contributed by atoms with Crippen molar-refractivity contribution in [2.45, 2.75) is 25.3 Å². The summed E-state index contributed by atoms with van der Waals surface area (Å²) in [6, 6.07) is 0.429. The zero-order chi connectivity index (χ0) is 17.9. The quantitative estimate of drug-likeness (QED) is 0.665. The number of rotatable bonds is 5. The van der Waals surface area contributed by atoms with Crippen molar-refractivity contribution in [1.82, 2.24) is 18.4 Å². The molecule has 0 spiro atoms. The van der Waals surface area contributed by atoms with Crippen LogP contribution in [0, 0.1) is 0 Å². The molecule has 3 aliphatic rings. The highest BCUT2D eigenvalue weighted by molar-refractivity contribution is 7.86. The Bertz CT molecular complexity index is 515. The molecule has 10 heteroatoms. The summed E-state index contributed by atoms with van der Waals surface area (Å²) in [6.45, 7) is 5.44. The predicted octanol–water partition coefficient (Wildman–Crippen LogP) is -0.0895. The first-order valence-corrected chi connectivity index (χ1v) is 10.4. The summed E-state index contributed by atoms with van der Waals surface area (Å²) in [5, 5.41) is 0. The number of hydrogen-bond donors (Lipinski definition) is 0. The Balaban J connectivity index is 1.48. The number of ether oxygens (including phenoxy) is 1. The minimum absolute atomic E-state index is 0.279. The third-order valence-corrected chi connectivity index (χ3v) is 7.40. The van der Waals surface area contributed by atoms with Gasteiger partial charge in [0.25, 0.3) is 16.6 Å². The molecule has 0 atom stereocenters. The molecule has 3 heterocycles. The van der Waals surface area contributed by atoms with Crippen LogP contribution >= 0.6 is 0 Å². The zero-order valence-corrected chi connectivity index (χ0v) is 15.3. The normalized spacial score (nSPS) is 27.2. The first-order chi connectivity index (χ1) is 12.0. The number of piperidine rings is 1. The van der Waals surface area contributed by atoms with Crippen molar-refractivity contribution < 1.29 is 21.9 Å². The van der Waals surface area contributed by atoms with Crippen LogP contribution in [0.15, 0.2) is 0 Å². The number of halogens is 2. The lowest BCUT2D eigenvalue weighted by Crippen LogP contribution is -2.56. The lowest BCUT2D eigenvalue weighted by molar-refractivity contribution is 0.00565. The Hall–Kier alpha value is -0.390. The third-order valence-electron chi connectivity index (χ3n) is 5.37. The van der Waals surface area contributed by atoms with E-state index in [1.165, 1.54) is 4.31 Å². The Morgan fingerprint density at radius 2 is 1.44 bits per heavy atom. The van der Waals surface area contributed by atoms with E-state index >= 15 is 0 Å². The number of nitrogens with zero attached hydrogens (tertiary/aromatic N) is 4. The first-order valence-electron chi connectivity index (χ1n) is 9.04. The summed E-state index contributed by atoms with van der Waals surface area (Å²) in [5.74, 6) is 0. The summed E-state index contributed by atoms with van der Waals surface area (Å²) in [6.07, 6.45) is -0.697. The summed E-state index contributed by atoms with van der Waals surface area (Å²) in [4.78, 5) is 4.03. The summed E-state index contributed by atoms with van der Waals surface area (Å²) in [7, 11) is -3.48. The molecule has 0 bridgehead atoms. The van der Waals surface area contributed by atoms with E-state index in [9.17, 15) is 17.2 Å². The van der Waals surface area contributed by atoms with Gasteiger partial charge in [-0.3, -0.25) is 9.80 Å². The maximum Gasteiger partial charge on any atom is 0.282 e. The topological polar surface area (TPSA) is 56.3 Å². The van der Waals surface area contributed by atoms with Crippen molar-refractivity contribution in [1.29, 1.82) is 0 Å². The van der Waals surface area contributed by atoms with E-state index in [2.05, 4.69) is 4.90 Å². The van der Waals surface area contributed by atoms with Crippen LogP contribution in [-0.4, -0.2) is 111 Å². The maximum absolute atomic E-state index is 12.8. The number of alkyl halides is 2. The van der Waals surface area contributed by atoms with Crippen LogP contribution in [0.3, 0.4) is 0 Å². The van der Waals surface area contributed by atoms with Crippen molar-refractivity contribution in [3.8, 4) is 0 Å².